The lowest BCUT2D eigenvalue weighted by Crippen LogP contribution is -2.44. The molecule has 0 unspecified atom stereocenters. The molecule has 0 bridgehead atoms. The summed E-state index contributed by atoms with van der Waals surface area (Å²) in [6.45, 7) is 5.94. The Morgan fingerprint density at radius 3 is 2.62 bits per heavy atom. The standard InChI is InChI=1S/C12H18N2O2/c1-9(14-6-4-13-5-7-14)11-8-10(15)2-3-12(11)16/h2-3,8-9,13,15-16H,4-7H2,1H3/t9-/m0/s1. The van der Waals surface area contributed by atoms with E-state index in [4.69, 9.17) is 0 Å². The smallest absolute Gasteiger partial charge is 0.120 e. The molecule has 88 valence electrons. The van der Waals surface area contributed by atoms with Gasteiger partial charge in [0.25, 0.3) is 0 Å². The molecule has 1 atom stereocenters. The van der Waals surface area contributed by atoms with Gasteiger partial charge in [-0.25, -0.2) is 0 Å². The third-order valence-corrected chi connectivity index (χ3v) is 3.16. The summed E-state index contributed by atoms with van der Waals surface area (Å²) in [6, 6.07) is 4.82. The molecule has 0 amide bonds. The van der Waals surface area contributed by atoms with Crippen molar-refractivity contribution in [3.8, 4) is 11.5 Å². The molecule has 4 heteroatoms. The second-order valence-corrected chi connectivity index (χ2v) is 4.21. The number of phenolic OH excluding ortho intramolecular Hbond substituents is 2. The summed E-state index contributed by atoms with van der Waals surface area (Å²) in [4.78, 5) is 2.30. The van der Waals surface area contributed by atoms with Crippen LogP contribution in [0.3, 0.4) is 0 Å². The number of hydrogen-bond donors (Lipinski definition) is 3. The van der Waals surface area contributed by atoms with Gasteiger partial charge in [-0.05, 0) is 25.1 Å². The molecule has 2 rings (SSSR count). The minimum Gasteiger partial charge on any atom is -0.508 e. The van der Waals surface area contributed by atoms with E-state index in [1.807, 2.05) is 0 Å². The van der Waals surface area contributed by atoms with Crippen LogP contribution in [0.2, 0.25) is 0 Å². The lowest BCUT2D eigenvalue weighted by atomic mass is 10.0. The molecule has 0 aromatic heterocycles. The van der Waals surface area contributed by atoms with E-state index in [9.17, 15) is 10.2 Å². The molecule has 0 saturated carbocycles. The van der Waals surface area contributed by atoms with Crippen molar-refractivity contribution in [2.45, 2.75) is 13.0 Å². The maximum Gasteiger partial charge on any atom is 0.120 e. The molecule has 16 heavy (non-hydrogen) atoms. The Bertz CT molecular complexity index is 362. The zero-order valence-corrected chi connectivity index (χ0v) is 9.48. The van der Waals surface area contributed by atoms with Crippen molar-refractivity contribution in [1.82, 2.24) is 10.2 Å². The van der Waals surface area contributed by atoms with E-state index in [1.54, 1.807) is 12.1 Å². The van der Waals surface area contributed by atoms with E-state index in [2.05, 4.69) is 17.1 Å². The first kappa shape index (κ1) is 11.2. The summed E-state index contributed by atoms with van der Waals surface area (Å²) in [6.07, 6.45) is 0. The normalized spacial score (nSPS) is 19.6. The molecular weight excluding hydrogens is 204 g/mol. The van der Waals surface area contributed by atoms with E-state index >= 15 is 0 Å². The van der Waals surface area contributed by atoms with E-state index in [0.717, 1.165) is 31.7 Å². The molecular formula is C12H18N2O2. The van der Waals surface area contributed by atoms with Crippen LogP contribution in [0.1, 0.15) is 18.5 Å². The Morgan fingerprint density at radius 2 is 1.94 bits per heavy atom. The van der Waals surface area contributed by atoms with Crippen molar-refractivity contribution >= 4 is 0 Å². The van der Waals surface area contributed by atoms with Gasteiger partial charge in [-0.2, -0.15) is 0 Å². The first-order chi connectivity index (χ1) is 7.68. The van der Waals surface area contributed by atoms with Gasteiger partial charge >= 0.3 is 0 Å². The molecule has 3 N–H and O–H groups in total. The van der Waals surface area contributed by atoms with Gasteiger partial charge in [-0.3, -0.25) is 4.90 Å². The van der Waals surface area contributed by atoms with Gasteiger partial charge in [0.1, 0.15) is 11.5 Å². The summed E-state index contributed by atoms with van der Waals surface area (Å²) < 4.78 is 0. The second kappa shape index (κ2) is 4.72. The number of piperazine rings is 1. The van der Waals surface area contributed by atoms with E-state index in [0.29, 0.717) is 0 Å². The molecule has 1 aromatic rings. The maximum atomic E-state index is 9.78. The van der Waals surface area contributed by atoms with E-state index in [1.165, 1.54) is 6.07 Å². The summed E-state index contributed by atoms with van der Waals surface area (Å²) in [7, 11) is 0. The average molecular weight is 222 g/mol. The second-order valence-electron chi connectivity index (χ2n) is 4.21. The maximum absolute atomic E-state index is 9.78. The zero-order valence-electron chi connectivity index (χ0n) is 9.48. The van der Waals surface area contributed by atoms with Crippen molar-refractivity contribution in [1.29, 1.82) is 0 Å². The van der Waals surface area contributed by atoms with Crippen LogP contribution in [0.4, 0.5) is 0 Å². The number of nitrogens with one attached hydrogen (secondary N) is 1. The van der Waals surface area contributed by atoms with Gasteiger partial charge in [-0.15, -0.1) is 0 Å². The molecule has 0 aliphatic carbocycles. The summed E-state index contributed by atoms with van der Waals surface area (Å²) >= 11 is 0. The number of phenols is 2. The average Bonchev–Trinajstić information content (AvgIpc) is 2.32. The molecule has 1 aliphatic heterocycles. The number of aromatic hydroxyl groups is 2. The van der Waals surface area contributed by atoms with Crippen LogP contribution in [0.25, 0.3) is 0 Å². The van der Waals surface area contributed by atoms with Crippen LogP contribution in [-0.2, 0) is 0 Å². The van der Waals surface area contributed by atoms with Gasteiger partial charge < -0.3 is 15.5 Å². The van der Waals surface area contributed by atoms with Crippen molar-refractivity contribution in [2.24, 2.45) is 0 Å². The van der Waals surface area contributed by atoms with Crippen molar-refractivity contribution in [2.75, 3.05) is 26.2 Å². The third kappa shape index (κ3) is 2.28. The van der Waals surface area contributed by atoms with Crippen LogP contribution < -0.4 is 5.32 Å². The summed E-state index contributed by atoms with van der Waals surface area (Å²) in [5.41, 5.74) is 0.793. The largest absolute Gasteiger partial charge is 0.508 e. The Labute approximate surface area is 95.5 Å². The molecule has 1 aromatic carbocycles. The predicted molar refractivity (Wildman–Crippen MR) is 62.6 cm³/mol. The fourth-order valence-electron chi connectivity index (χ4n) is 2.14. The lowest BCUT2D eigenvalue weighted by molar-refractivity contribution is 0.182. The van der Waals surface area contributed by atoms with Crippen molar-refractivity contribution in [3.05, 3.63) is 23.8 Å². The number of nitrogens with zero attached hydrogens (tertiary/aromatic N) is 1. The molecule has 0 radical (unpaired) electrons. The van der Waals surface area contributed by atoms with Gasteiger partial charge in [0.15, 0.2) is 0 Å². The monoisotopic (exact) mass is 222 g/mol. The van der Waals surface area contributed by atoms with Gasteiger partial charge in [0.2, 0.25) is 0 Å². The van der Waals surface area contributed by atoms with Crippen LogP contribution in [0, 0.1) is 0 Å². The van der Waals surface area contributed by atoms with Gasteiger partial charge in [-0.1, -0.05) is 0 Å². The molecule has 1 heterocycles. The van der Waals surface area contributed by atoms with Crippen molar-refractivity contribution < 1.29 is 10.2 Å². The Balaban J connectivity index is 2.18. The van der Waals surface area contributed by atoms with Crippen LogP contribution in [0.5, 0.6) is 11.5 Å². The molecule has 1 aliphatic rings. The molecule has 4 nitrogen and oxygen atoms in total. The third-order valence-electron chi connectivity index (χ3n) is 3.16. The Kier molecular flexibility index (Phi) is 3.31. The quantitative estimate of drug-likeness (QED) is 0.655. The fourth-order valence-corrected chi connectivity index (χ4v) is 2.14. The molecule has 1 saturated heterocycles. The Hall–Kier alpha value is -1.26. The number of rotatable bonds is 2. The highest BCUT2D eigenvalue weighted by atomic mass is 16.3. The predicted octanol–water partition coefficient (Wildman–Crippen LogP) is 1.06. The molecule has 0 spiro atoms. The lowest BCUT2D eigenvalue weighted by Gasteiger charge is -2.33. The zero-order chi connectivity index (χ0) is 11.5. The molecule has 1 fully saturated rings. The SMILES string of the molecule is C[C@@H](c1cc(O)ccc1O)N1CCNCC1. The summed E-state index contributed by atoms with van der Waals surface area (Å²) in [5, 5.41) is 22.5. The first-order valence-electron chi connectivity index (χ1n) is 5.65. The minimum absolute atomic E-state index is 0.134. The van der Waals surface area contributed by atoms with E-state index in [-0.39, 0.29) is 17.5 Å². The summed E-state index contributed by atoms with van der Waals surface area (Å²) in [5.74, 6) is 0.457. The van der Waals surface area contributed by atoms with Crippen LogP contribution in [-0.4, -0.2) is 41.3 Å². The number of hydrogen-bond acceptors (Lipinski definition) is 4. The van der Waals surface area contributed by atoms with E-state index < -0.39 is 0 Å². The Morgan fingerprint density at radius 1 is 1.25 bits per heavy atom. The minimum atomic E-state index is 0.134. The van der Waals surface area contributed by atoms with Gasteiger partial charge in [0.05, 0.1) is 0 Å². The highest BCUT2D eigenvalue weighted by Crippen LogP contribution is 2.31. The van der Waals surface area contributed by atoms with Crippen molar-refractivity contribution in [3.63, 3.8) is 0 Å². The van der Waals surface area contributed by atoms with Crippen LogP contribution >= 0.6 is 0 Å². The van der Waals surface area contributed by atoms with Gasteiger partial charge in [0, 0.05) is 37.8 Å². The topological polar surface area (TPSA) is 55.7 Å². The highest BCUT2D eigenvalue weighted by Gasteiger charge is 2.20. The fraction of sp³-hybridized carbons (Fsp3) is 0.500. The van der Waals surface area contributed by atoms with Crippen LogP contribution in [0.15, 0.2) is 18.2 Å². The number of benzene rings is 1. The first-order valence-corrected chi connectivity index (χ1v) is 5.65. The highest BCUT2D eigenvalue weighted by molar-refractivity contribution is 5.40.